The predicted molar refractivity (Wildman–Crippen MR) is 221 cm³/mol. The molecule has 2 aliphatic rings. The monoisotopic (exact) mass is 693 g/mol. The Hall–Kier alpha value is -6.36. The Morgan fingerprint density at radius 1 is 0.453 bits per heavy atom. The van der Waals surface area contributed by atoms with Gasteiger partial charge < -0.3 is 4.57 Å². The van der Waals surface area contributed by atoms with Crippen LogP contribution in [0.15, 0.2) is 176 Å². The van der Waals surface area contributed by atoms with E-state index in [1.807, 2.05) is 0 Å². The summed E-state index contributed by atoms with van der Waals surface area (Å²) in [6.45, 7) is 5.03. The van der Waals surface area contributed by atoms with Gasteiger partial charge in [-0.3, -0.25) is 0 Å². The van der Waals surface area contributed by atoms with Gasteiger partial charge in [0.05, 0.1) is 33.5 Å². The lowest BCUT2D eigenvalue weighted by Crippen LogP contribution is -2.63. The highest BCUT2D eigenvalue weighted by Gasteiger charge is 2.53. The highest BCUT2D eigenvalue weighted by atomic mass is 28.3. The van der Waals surface area contributed by atoms with Gasteiger partial charge in [0.25, 0.3) is 0 Å². The van der Waals surface area contributed by atoms with E-state index in [0.29, 0.717) is 0 Å². The van der Waals surface area contributed by atoms with E-state index in [0.717, 1.165) is 33.9 Å². The van der Waals surface area contributed by atoms with Crippen molar-refractivity contribution in [2.75, 3.05) is 0 Å². The van der Waals surface area contributed by atoms with Crippen LogP contribution in [0.25, 0.3) is 61.4 Å². The number of rotatable bonds is 3. The lowest BCUT2D eigenvalue weighted by Gasteiger charge is -2.49. The highest BCUT2D eigenvalue weighted by Crippen LogP contribution is 2.55. The van der Waals surface area contributed by atoms with Gasteiger partial charge in [0.1, 0.15) is 8.07 Å². The van der Waals surface area contributed by atoms with E-state index in [4.69, 9.17) is 9.97 Å². The van der Waals surface area contributed by atoms with Crippen LogP contribution in [0.3, 0.4) is 0 Å². The number of fused-ring (bicyclic) bond motifs is 11. The van der Waals surface area contributed by atoms with Gasteiger partial charge in [-0.2, -0.15) is 0 Å². The quantitative estimate of drug-likeness (QED) is 0.173. The van der Waals surface area contributed by atoms with Crippen LogP contribution >= 0.6 is 0 Å². The lowest BCUT2D eigenvalue weighted by molar-refractivity contribution is 0.732. The Balaban J connectivity index is 1.27. The van der Waals surface area contributed by atoms with E-state index in [9.17, 15) is 0 Å². The Morgan fingerprint density at radius 3 is 1.79 bits per heavy atom. The fraction of sp³-hybridized carbons (Fsp3) is 0.0612. The molecular formula is C49H35N3Si. The second-order valence-electron chi connectivity index (χ2n) is 14.9. The Bertz CT molecular complexity index is 2870. The maximum absolute atomic E-state index is 5.31. The van der Waals surface area contributed by atoms with Crippen molar-refractivity contribution < 1.29 is 0 Å². The molecule has 9 aromatic rings. The molecule has 7 aromatic carbocycles. The van der Waals surface area contributed by atoms with Gasteiger partial charge in [0.15, 0.2) is 5.82 Å². The Labute approximate surface area is 309 Å². The molecular weight excluding hydrogens is 659 g/mol. The van der Waals surface area contributed by atoms with E-state index < -0.39 is 13.5 Å². The number of hydrogen-bond acceptors (Lipinski definition) is 2. The van der Waals surface area contributed by atoms with Gasteiger partial charge >= 0.3 is 0 Å². The minimum absolute atomic E-state index is 0.551. The minimum atomic E-state index is -2.17. The van der Waals surface area contributed by atoms with Crippen molar-refractivity contribution in [2.45, 2.75) is 18.5 Å². The molecule has 4 heteroatoms. The molecule has 1 unspecified atom stereocenters. The van der Waals surface area contributed by atoms with Gasteiger partial charge in [-0.15, -0.1) is 0 Å². The fourth-order valence-electron chi connectivity index (χ4n) is 9.56. The summed E-state index contributed by atoms with van der Waals surface area (Å²) >= 11 is 0. The highest BCUT2D eigenvalue weighted by molar-refractivity contribution is 7.01. The SMILES string of the molecule is C[Si]1(C)c2ccccc2C2(c3ccccc3-n3c4ccccc4c4cccc2c43)c2cc(-c3nc(-c4ccccc4)cc(-c4ccccc4)n3)ccc21. The van der Waals surface area contributed by atoms with Crippen LogP contribution in [0.1, 0.15) is 22.3 Å². The minimum Gasteiger partial charge on any atom is -0.309 e. The van der Waals surface area contributed by atoms with Crippen LogP contribution in [-0.2, 0) is 5.41 Å². The molecule has 53 heavy (non-hydrogen) atoms. The standard InChI is InChI=1S/C49H35N3Si/c1-53(2)45-27-14-11-23-38(45)49(37-22-10-13-26-44(37)52-43-25-12-9-20-35(43)36-21-15-24-39(49)47(36)52)40-30-34(28-29-46(40)53)48-50-41(32-16-5-3-6-17-32)31-42(51-48)33-18-7-4-8-19-33/h3-31H,1-2H3. The molecule has 0 amide bonds. The maximum atomic E-state index is 5.31. The summed E-state index contributed by atoms with van der Waals surface area (Å²) in [7, 11) is -2.17. The van der Waals surface area contributed by atoms with E-state index >= 15 is 0 Å². The molecule has 0 N–H and O–H groups in total. The first-order valence-corrected chi connectivity index (χ1v) is 21.4. The molecule has 2 aliphatic heterocycles. The topological polar surface area (TPSA) is 30.7 Å². The first-order valence-electron chi connectivity index (χ1n) is 18.4. The number of hydrogen-bond donors (Lipinski definition) is 0. The molecule has 11 rings (SSSR count). The van der Waals surface area contributed by atoms with E-state index in [-0.39, 0.29) is 0 Å². The normalized spacial score (nSPS) is 16.3. The summed E-state index contributed by atoms with van der Waals surface area (Å²) in [5.41, 5.74) is 13.6. The van der Waals surface area contributed by atoms with Crippen LogP contribution in [0, 0.1) is 0 Å². The van der Waals surface area contributed by atoms with Crippen LogP contribution in [0.5, 0.6) is 0 Å². The molecule has 250 valence electrons. The van der Waals surface area contributed by atoms with Crippen molar-refractivity contribution in [3.63, 3.8) is 0 Å². The zero-order valence-corrected chi connectivity index (χ0v) is 30.6. The summed E-state index contributed by atoms with van der Waals surface area (Å²) in [6.07, 6.45) is 0. The summed E-state index contributed by atoms with van der Waals surface area (Å²) < 4.78 is 2.52. The average molecular weight is 694 g/mol. The van der Waals surface area contributed by atoms with E-state index in [2.05, 4.69) is 194 Å². The van der Waals surface area contributed by atoms with Crippen molar-refractivity contribution in [3.8, 4) is 39.6 Å². The summed E-state index contributed by atoms with van der Waals surface area (Å²) in [4.78, 5) is 10.6. The second-order valence-corrected chi connectivity index (χ2v) is 19.3. The molecule has 0 bridgehead atoms. The molecule has 4 heterocycles. The number of nitrogens with zero attached hydrogens (tertiary/aromatic N) is 3. The van der Waals surface area contributed by atoms with Gasteiger partial charge in [0, 0.05) is 27.5 Å². The number of aromatic nitrogens is 3. The van der Waals surface area contributed by atoms with Crippen LogP contribution in [-0.4, -0.2) is 22.6 Å². The first kappa shape index (κ1) is 30.3. The van der Waals surface area contributed by atoms with Gasteiger partial charge in [-0.1, -0.05) is 165 Å². The third kappa shape index (κ3) is 4.10. The third-order valence-corrected chi connectivity index (χ3v) is 15.4. The lowest BCUT2D eigenvalue weighted by atomic mass is 9.62. The number of benzene rings is 7. The molecule has 2 aromatic heterocycles. The Kier molecular flexibility index (Phi) is 6.32. The zero-order chi connectivity index (χ0) is 35.3. The van der Waals surface area contributed by atoms with Gasteiger partial charge in [-0.25, -0.2) is 9.97 Å². The molecule has 1 atom stereocenters. The summed E-state index contributed by atoms with van der Waals surface area (Å²) in [5, 5.41) is 5.52. The zero-order valence-electron chi connectivity index (χ0n) is 29.6. The number of para-hydroxylation sites is 3. The first-order chi connectivity index (χ1) is 26.0. The summed E-state index contributed by atoms with van der Waals surface area (Å²) in [6, 6.07) is 64.4. The van der Waals surface area contributed by atoms with Crippen LogP contribution in [0.2, 0.25) is 13.1 Å². The maximum Gasteiger partial charge on any atom is 0.160 e. The second kappa shape index (κ2) is 11.1. The van der Waals surface area contributed by atoms with Crippen LogP contribution < -0.4 is 10.4 Å². The molecule has 1 spiro atoms. The molecule has 0 aliphatic carbocycles. The van der Waals surface area contributed by atoms with E-state index in [1.165, 1.54) is 60.1 Å². The van der Waals surface area contributed by atoms with Gasteiger partial charge in [-0.05, 0) is 56.9 Å². The molecule has 0 saturated heterocycles. The van der Waals surface area contributed by atoms with Crippen molar-refractivity contribution in [1.82, 2.24) is 14.5 Å². The predicted octanol–water partition coefficient (Wildman–Crippen LogP) is 10.4. The smallest absolute Gasteiger partial charge is 0.160 e. The molecule has 3 nitrogen and oxygen atoms in total. The van der Waals surface area contributed by atoms with Crippen molar-refractivity contribution >= 4 is 40.3 Å². The fourth-order valence-corrected chi connectivity index (χ4v) is 12.7. The third-order valence-electron chi connectivity index (χ3n) is 11.9. The van der Waals surface area contributed by atoms with Gasteiger partial charge in [0.2, 0.25) is 0 Å². The largest absolute Gasteiger partial charge is 0.309 e. The Morgan fingerprint density at radius 2 is 1.04 bits per heavy atom. The van der Waals surface area contributed by atoms with Crippen molar-refractivity contribution in [1.29, 1.82) is 0 Å². The van der Waals surface area contributed by atoms with Crippen molar-refractivity contribution in [2.24, 2.45) is 0 Å². The molecule has 0 radical (unpaired) electrons. The average Bonchev–Trinajstić information content (AvgIpc) is 3.57. The summed E-state index contributed by atoms with van der Waals surface area (Å²) in [5.74, 6) is 0.734. The molecule has 0 fully saturated rings. The van der Waals surface area contributed by atoms with Crippen molar-refractivity contribution in [3.05, 3.63) is 198 Å². The van der Waals surface area contributed by atoms with Crippen LogP contribution in [0.4, 0.5) is 0 Å². The molecule has 0 saturated carbocycles. The van der Waals surface area contributed by atoms with E-state index in [1.54, 1.807) is 0 Å².